The predicted molar refractivity (Wildman–Crippen MR) is 138 cm³/mol. The lowest BCUT2D eigenvalue weighted by atomic mass is 9.52. The summed E-state index contributed by atoms with van der Waals surface area (Å²) < 4.78 is 0. The lowest BCUT2D eigenvalue weighted by Crippen LogP contribution is -2.74. The van der Waals surface area contributed by atoms with Gasteiger partial charge in [0.2, 0.25) is 5.91 Å². The summed E-state index contributed by atoms with van der Waals surface area (Å²) in [7, 11) is 3.12. The number of carbonyl (C=O) groups excluding carboxylic acids is 5. The van der Waals surface area contributed by atoms with E-state index in [9.17, 15) is 34.2 Å². The van der Waals surface area contributed by atoms with Crippen LogP contribution in [0.1, 0.15) is 33.5 Å². The fraction of sp³-hybridized carbons (Fsp3) is 0.414. The van der Waals surface area contributed by atoms with Crippen molar-refractivity contribution in [2.45, 2.75) is 37.6 Å². The number of hydrogen-bond acceptors (Lipinski definition) is 9. The number of nitrogens with one attached hydrogen (secondary N) is 1. The standard InChI is InChI=1S/C29H31N3O7/c1-32(2)23-18-11-16-10-17-15(13-31-12-14-6-4-3-5-7-14)8-9-19(33)21(17)24(34)20(16)26(36)29(18,39)27(37)22(25(23)35)28(30)38/h3-9,16,18,20,22-23,31,33,39H,10-13H2,1-2H3,(H2,30,38)/t16-,18-,20?,22?,23+,29-/m0/s1. The smallest absolute Gasteiger partial charge is 0.235 e. The fourth-order valence-electron chi connectivity index (χ4n) is 6.77. The highest BCUT2D eigenvalue weighted by Gasteiger charge is 2.69. The highest BCUT2D eigenvalue weighted by molar-refractivity contribution is 6.32. The maximum Gasteiger partial charge on any atom is 0.235 e. The minimum atomic E-state index is -2.72. The van der Waals surface area contributed by atoms with Crippen LogP contribution in [0.5, 0.6) is 5.75 Å². The van der Waals surface area contributed by atoms with Crippen LogP contribution >= 0.6 is 0 Å². The summed E-state index contributed by atoms with van der Waals surface area (Å²) in [5.74, 6) is -10.4. The molecule has 10 heteroatoms. The van der Waals surface area contributed by atoms with Crippen LogP contribution in [0.15, 0.2) is 42.5 Å². The van der Waals surface area contributed by atoms with Crippen molar-refractivity contribution in [2.24, 2.45) is 29.4 Å². The van der Waals surface area contributed by atoms with Gasteiger partial charge in [-0.15, -0.1) is 0 Å². The minimum Gasteiger partial charge on any atom is -0.507 e. The van der Waals surface area contributed by atoms with Crippen molar-refractivity contribution in [3.63, 3.8) is 0 Å². The number of rotatable bonds is 6. The largest absolute Gasteiger partial charge is 0.507 e. The molecule has 2 aromatic rings. The highest BCUT2D eigenvalue weighted by atomic mass is 16.3. The van der Waals surface area contributed by atoms with E-state index in [4.69, 9.17) is 5.73 Å². The average Bonchev–Trinajstić information content (AvgIpc) is 2.87. The molecule has 0 aliphatic heterocycles. The molecule has 204 valence electrons. The molecule has 0 bridgehead atoms. The predicted octanol–water partition coefficient (Wildman–Crippen LogP) is 0.157. The first-order valence-corrected chi connectivity index (χ1v) is 12.9. The second-order valence-electron chi connectivity index (χ2n) is 11.0. The summed E-state index contributed by atoms with van der Waals surface area (Å²) >= 11 is 0. The molecule has 3 aliphatic carbocycles. The van der Waals surface area contributed by atoms with E-state index in [2.05, 4.69) is 5.32 Å². The van der Waals surface area contributed by atoms with E-state index < -0.39 is 64.4 Å². The molecule has 2 unspecified atom stereocenters. The van der Waals surface area contributed by atoms with Gasteiger partial charge in [-0.3, -0.25) is 28.9 Å². The molecule has 2 saturated carbocycles. The number of primary amides is 1. The quantitative estimate of drug-likeness (QED) is 0.378. The maximum absolute atomic E-state index is 13.8. The number of benzene rings is 2. The van der Waals surface area contributed by atoms with E-state index >= 15 is 0 Å². The van der Waals surface area contributed by atoms with Crippen LogP contribution in [0.4, 0.5) is 0 Å². The first-order valence-electron chi connectivity index (χ1n) is 12.9. The van der Waals surface area contributed by atoms with Crippen molar-refractivity contribution < 1.29 is 34.2 Å². The first kappa shape index (κ1) is 26.9. The van der Waals surface area contributed by atoms with E-state index in [1.54, 1.807) is 20.2 Å². The molecular weight excluding hydrogens is 502 g/mol. The molecule has 10 nitrogen and oxygen atoms in total. The average molecular weight is 534 g/mol. The van der Waals surface area contributed by atoms with E-state index in [0.717, 1.165) is 11.1 Å². The molecule has 0 heterocycles. The van der Waals surface area contributed by atoms with Gasteiger partial charge >= 0.3 is 0 Å². The lowest BCUT2D eigenvalue weighted by molar-refractivity contribution is -0.181. The van der Waals surface area contributed by atoms with E-state index in [1.165, 1.54) is 11.0 Å². The number of hydrogen-bond donors (Lipinski definition) is 4. The number of phenolic OH excluding ortho intramolecular Hbond substituents is 1. The summed E-state index contributed by atoms with van der Waals surface area (Å²) in [6.45, 7) is 0.987. The van der Waals surface area contributed by atoms with E-state index in [-0.39, 0.29) is 24.2 Å². The summed E-state index contributed by atoms with van der Waals surface area (Å²) in [5, 5.41) is 25.6. The number of nitrogens with two attached hydrogens (primary N) is 1. The summed E-state index contributed by atoms with van der Waals surface area (Å²) in [6.07, 6.45) is 0.263. The third-order valence-electron chi connectivity index (χ3n) is 8.53. The molecule has 2 fully saturated rings. The molecule has 39 heavy (non-hydrogen) atoms. The van der Waals surface area contributed by atoms with Crippen LogP contribution in [-0.2, 0) is 38.7 Å². The van der Waals surface area contributed by atoms with E-state index in [1.807, 2.05) is 30.3 Å². The van der Waals surface area contributed by atoms with Crippen LogP contribution in [0.25, 0.3) is 0 Å². The Balaban J connectivity index is 1.51. The second-order valence-corrected chi connectivity index (χ2v) is 11.0. The number of Topliss-reactive ketones (excluding diaryl/α,β-unsaturated/α-hetero) is 4. The number of nitrogens with zero attached hydrogens (tertiary/aromatic N) is 1. The molecule has 6 atom stereocenters. The number of fused-ring (bicyclic) bond motifs is 3. The summed E-state index contributed by atoms with van der Waals surface area (Å²) in [5.41, 5.74) is 5.09. The number of ketones is 4. The Morgan fingerprint density at radius 2 is 1.74 bits per heavy atom. The number of carbonyl (C=O) groups is 5. The number of likely N-dealkylation sites (N-methyl/N-ethyl adjacent to an activating group) is 1. The molecule has 0 radical (unpaired) electrons. The van der Waals surface area contributed by atoms with Gasteiger partial charge in [-0.2, -0.15) is 0 Å². The van der Waals surface area contributed by atoms with Crippen molar-refractivity contribution in [3.05, 3.63) is 64.7 Å². The highest BCUT2D eigenvalue weighted by Crippen LogP contribution is 2.51. The van der Waals surface area contributed by atoms with Crippen molar-refractivity contribution in [1.82, 2.24) is 10.2 Å². The molecule has 0 spiro atoms. The topological polar surface area (TPSA) is 167 Å². The second kappa shape index (κ2) is 9.78. The number of amides is 1. The van der Waals surface area contributed by atoms with Crippen molar-refractivity contribution >= 4 is 29.0 Å². The lowest BCUT2D eigenvalue weighted by Gasteiger charge is -2.52. The van der Waals surface area contributed by atoms with Crippen molar-refractivity contribution in [2.75, 3.05) is 14.1 Å². The zero-order valence-corrected chi connectivity index (χ0v) is 21.7. The van der Waals surface area contributed by atoms with Gasteiger partial charge in [0.05, 0.1) is 17.5 Å². The Morgan fingerprint density at radius 3 is 2.38 bits per heavy atom. The Kier molecular flexibility index (Phi) is 6.74. The molecular formula is C29H31N3O7. The summed E-state index contributed by atoms with van der Waals surface area (Å²) in [6, 6.07) is 11.8. The first-order chi connectivity index (χ1) is 18.5. The molecule has 0 aromatic heterocycles. The maximum atomic E-state index is 13.8. The fourth-order valence-corrected chi connectivity index (χ4v) is 6.77. The van der Waals surface area contributed by atoms with Gasteiger partial charge in [0.15, 0.2) is 34.7 Å². The van der Waals surface area contributed by atoms with Gasteiger partial charge in [-0.1, -0.05) is 36.4 Å². The Hall–Kier alpha value is -3.73. The van der Waals surface area contributed by atoms with Gasteiger partial charge < -0.3 is 21.3 Å². The molecule has 5 rings (SSSR count). The third-order valence-corrected chi connectivity index (χ3v) is 8.53. The van der Waals surface area contributed by atoms with Crippen molar-refractivity contribution in [1.29, 1.82) is 0 Å². The SMILES string of the molecule is CN(C)[C@H]1C(=O)C(C(N)=O)C(=O)[C@@]2(O)C(=O)C3C(=O)c4c(O)ccc(CNCc5ccccc5)c4C[C@H]3C[C@@H]12. The number of phenols is 1. The van der Waals surface area contributed by atoms with Crippen LogP contribution < -0.4 is 11.1 Å². The van der Waals surface area contributed by atoms with Crippen LogP contribution in [0, 0.1) is 23.7 Å². The number of aliphatic hydroxyl groups is 1. The van der Waals surface area contributed by atoms with Gasteiger partial charge in [0, 0.05) is 19.0 Å². The van der Waals surface area contributed by atoms with Crippen LogP contribution in [0.2, 0.25) is 0 Å². The monoisotopic (exact) mass is 533 g/mol. The third kappa shape index (κ3) is 4.10. The zero-order chi connectivity index (χ0) is 28.2. The molecule has 1 amide bonds. The Bertz CT molecular complexity index is 1390. The molecule has 3 aliphatic rings. The van der Waals surface area contributed by atoms with Gasteiger partial charge in [-0.25, -0.2) is 0 Å². The van der Waals surface area contributed by atoms with Crippen molar-refractivity contribution in [3.8, 4) is 5.75 Å². The van der Waals surface area contributed by atoms with Gasteiger partial charge in [0.1, 0.15) is 5.75 Å². The van der Waals surface area contributed by atoms with Gasteiger partial charge in [0.25, 0.3) is 0 Å². The molecule has 5 N–H and O–H groups in total. The van der Waals surface area contributed by atoms with Crippen LogP contribution in [0.3, 0.4) is 0 Å². The summed E-state index contributed by atoms with van der Waals surface area (Å²) in [4.78, 5) is 67.6. The Morgan fingerprint density at radius 1 is 1.05 bits per heavy atom. The zero-order valence-electron chi connectivity index (χ0n) is 21.7. The Labute approximate surface area is 225 Å². The minimum absolute atomic E-state index is 0.000562. The van der Waals surface area contributed by atoms with Crippen LogP contribution in [-0.4, -0.2) is 69.9 Å². The molecule has 2 aromatic carbocycles. The van der Waals surface area contributed by atoms with Gasteiger partial charge in [-0.05, 0) is 55.6 Å². The normalized spacial score (nSPS) is 30.1. The van der Waals surface area contributed by atoms with E-state index in [0.29, 0.717) is 18.7 Å². The molecule has 0 saturated heterocycles. The number of aromatic hydroxyl groups is 1.